The van der Waals surface area contributed by atoms with Gasteiger partial charge in [-0.05, 0) is 37.8 Å². The second-order valence-corrected chi connectivity index (χ2v) is 7.93. The normalized spacial score (nSPS) is 21.9. The molecule has 2 fully saturated rings. The Morgan fingerprint density at radius 1 is 1.24 bits per heavy atom. The number of anilines is 1. The van der Waals surface area contributed by atoms with Gasteiger partial charge in [0, 0.05) is 39.0 Å². The topological polar surface area (TPSA) is 79.0 Å². The molecule has 1 aromatic rings. The summed E-state index contributed by atoms with van der Waals surface area (Å²) in [5.41, 5.74) is 0.698. The predicted octanol–water partition coefficient (Wildman–Crippen LogP) is 2.20. The highest BCUT2D eigenvalue weighted by Gasteiger charge is 2.36. The molecular formula is C22H31N3O4. The van der Waals surface area contributed by atoms with Crippen molar-refractivity contribution in [2.75, 3.05) is 37.7 Å². The van der Waals surface area contributed by atoms with Crippen LogP contribution in [0.15, 0.2) is 24.3 Å². The maximum atomic E-state index is 12.5. The van der Waals surface area contributed by atoms with Crippen molar-refractivity contribution in [3.05, 3.63) is 24.3 Å². The summed E-state index contributed by atoms with van der Waals surface area (Å²) in [5.74, 6) is 0.599. The van der Waals surface area contributed by atoms with Gasteiger partial charge >= 0.3 is 0 Å². The predicted molar refractivity (Wildman–Crippen MR) is 111 cm³/mol. The minimum atomic E-state index is -0.415. The number of amides is 3. The van der Waals surface area contributed by atoms with Crippen LogP contribution in [0, 0.1) is 11.8 Å². The van der Waals surface area contributed by atoms with Gasteiger partial charge in [0.05, 0.1) is 18.2 Å². The van der Waals surface area contributed by atoms with Gasteiger partial charge < -0.3 is 19.9 Å². The highest BCUT2D eigenvalue weighted by atomic mass is 16.5. The summed E-state index contributed by atoms with van der Waals surface area (Å²) in [5, 5.41) is 2.84. The Kier molecular flexibility index (Phi) is 7.12. The maximum absolute atomic E-state index is 12.5. The number of carbonyl (C=O) groups is 3. The first-order chi connectivity index (χ1) is 14.0. The Bertz CT molecular complexity index is 751. The summed E-state index contributed by atoms with van der Waals surface area (Å²) in [4.78, 5) is 40.9. The van der Waals surface area contributed by atoms with Crippen molar-refractivity contribution in [2.45, 2.75) is 39.5 Å². The molecule has 3 rings (SSSR count). The van der Waals surface area contributed by atoms with E-state index in [-0.39, 0.29) is 24.1 Å². The third-order valence-corrected chi connectivity index (χ3v) is 5.60. The summed E-state index contributed by atoms with van der Waals surface area (Å²) in [7, 11) is 0. The first kappa shape index (κ1) is 21.1. The van der Waals surface area contributed by atoms with Crippen LogP contribution in [-0.2, 0) is 14.4 Å². The highest BCUT2D eigenvalue weighted by molar-refractivity contribution is 6.01. The van der Waals surface area contributed by atoms with E-state index in [0.29, 0.717) is 43.5 Å². The van der Waals surface area contributed by atoms with Crippen molar-refractivity contribution in [3.63, 3.8) is 0 Å². The number of piperidine rings is 1. The van der Waals surface area contributed by atoms with Crippen LogP contribution in [0.3, 0.4) is 0 Å². The van der Waals surface area contributed by atoms with E-state index in [9.17, 15) is 14.4 Å². The van der Waals surface area contributed by atoms with Crippen molar-refractivity contribution in [1.82, 2.24) is 10.2 Å². The minimum Gasteiger partial charge on any atom is -0.492 e. The van der Waals surface area contributed by atoms with Gasteiger partial charge in [-0.2, -0.15) is 0 Å². The summed E-state index contributed by atoms with van der Waals surface area (Å²) < 4.78 is 5.61. The van der Waals surface area contributed by atoms with Gasteiger partial charge in [-0.3, -0.25) is 14.4 Å². The van der Waals surface area contributed by atoms with E-state index < -0.39 is 5.92 Å². The molecule has 2 saturated heterocycles. The van der Waals surface area contributed by atoms with Crippen LogP contribution >= 0.6 is 0 Å². The molecule has 2 aliphatic rings. The molecule has 158 valence electrons. The van der Waals surface area contributed by atoms with Gasteiger partial charge in [0.25, 0.3) is 0 Å². The highest BCUT2D eigenvalue weighted by Crippen LogP contribution is 2.33. The van der Waals surface area contributed by atoms with Gasteiger partial charge in [-0.15, -0.1) is 0 Å². The second kappa shape index (κ2) is 9.76. The number of carbonyl (C=O) groups excluding carboxylic acids is 3. The zero-order chi connectivity index (χ0) is 20.8. The van der Waals surface area contributed by atoms with Crippen molar-refractivity contribution in [1.29, 1.82) is 0 Å². The number of ether oxygens (including phenoxy) is 1. The summed E-state index contributed by atoms with van der Waals surface area (Å²) >= 11 is 0. The third-order valence-electron chi connectivity index (χ3n) is 5.60. The fourth-order valence-corrected chi connectivity index (χ4v) is 4.08. The lowest BCUT2D eigenvalue weighted by Crippen LogP contribution is -2.41. The first-order valence-electron chi connectivity index (χ1n) is 10.6. The Morgan fingerprint density at radius 2 is 2.03 bits per heavy atom. The van der Waals surface area contributed by atoms with E-state index in [2.05, 4.69) is 12.2 Å². The van der Waals surface area contributed by atoms with Gasteiger partial charge in [-0.1, -0.05) is 19.1 Å². The zero-order valence-electron chi connectivity index (χ0n) is 17.4. The van der Waals surface area contributed by atoms with E-state index in [0.717, 1.165) is 19.5 Å². The number of benzene rings is 1. The molecule has 7 heteroatoms. The maximum Gasteiger partial charge on any atom is 0.227 e. The van der Waals surface area contributed by atoms with Crippen LogP contribution in [0.2, 0.25) is 0 Å². The van der Waals surface area contributed by atoms with Crippen LogP contribution in [0.1, 0.15) is 39.5 Å². The molecule has 29 heavy (non-hydrogen) atoms. The molecule has 0 saturated carbocycles. The Balaban J connectivity index is 1.50. The van der Waals surface area contributed by atoms with Crippen molar-refractivity contribution < 1.29 is 19.1 Å². The average Bonchev–Trinajstić information content (AvgIpc) is 3.10. The number of hydrogen-bond donors (Lipinski definition) is 1. The van der Waals surface area contributed by atoms with Crippen molar-refractivity contribution >= 4 is 23.4 Å². The standard InChI is InChI=1S/C22H31N3O4/c1-3-29-19-9-5-4-8-18(19)25-15-17(13-21(25)27)22(28)23-11-10-20(26)24-12-6-7-16(2)14-24/h4-5,8-9,16-17H,3,6-7,10-15H2,1-2H3,(H,23,28). The van der Waals surface area contributed by atoms with Crippen molar-refractivity contribution in [3.8, 4) is 5.75 Å². The van der Waals surface area contributed by atoms with Gasteiger partial charge in [-0.25, -0.2) is 0 Å². The quantitative estimate of drug-likeness (QED) is 0.760. The number of hydrogen-bond acceptors (Lipinski definition) is 4. The molecule has 0 radical (unpaired) electrons. The molecular weight excluding hydrogens is 370 g/mol. The smallest absolute Gasteiger partial charge is 0.227 e. The first-order valence-corrected chi connectivity index (χ1v) is 10.6. The van der Waals surface area contributed by atoms with Crippen LogP contribution in [0.4, 0.5) is 5.69 Å². The van der Waals surface area contributed by atoms with Gasteiger partial charge in [0.2, 0.25) is 17.7 Å². The third kappa shape index (κ3) is 5.28. The molecule has 0 aromatic heterocycles. The Labute approximate surface area is 172 Å². The van der Waals surface area contributed by atoms with Crippen LogP contribution in [0.25, 0.3) is 0 Å². The van der Waals surface area contributed by atoms with Crippen LogP contribution in [0.5, 0.6) is 5.75 Å². The molecule has 2 heterocycles. The molecule has 2 atom stereocenters. The SMILES string of the molecule is CCOc1ccccc1N1CC(C(=O)NCCC(=O)N2CCCC(C)C2)CC1=O. The molecule has 2 unspecified atom stereocenters. The average molecular weight is 402 g/mol. The van der Waals surface area contributed by atoms with Gasteiger partial charge in [0.15, 0.2) is 0 Å². The Morgan fingerprint density at radius 3 is 2.79 bits per heavy atom. The summed E-state index contributed by atoms with van der Waals surface area (Å²) in [6.45, 7) is 6.81. The van der Waals surface area contributed by atoms with Crippen molar-refractivity contribution in [2.24, 2.45) is 11.8 Å². The molecule has 0 spiro atoms. The van der Waals surface area contributed by atoms with Crippen LogP contribution in [-0.4, -0.2) is 55.4 Å². The Hall–Kier alpha value is -2.57. The number of likely N-dealkylation sites (tertiary alicyclic amines) is 1. The van der Waals surface area contributed by atoms with E-state index in [1.54, 1.807) is 4.90 Å². The zero-order valence-corrected chi connectivity index (χ0v) is 17.4. The molecule has 0 bridgehead atoms. The number of nitrogens with zero attached hydrogens (tertiary/aromatic N) is 2. The summed E-state index contributed by atoms with van der Waals surface area (Å²) in [6, 6.07) is 7.37. The fourth-order valence-electron chi connectivity index (χ4n) is 4.08. The number of rotatable bonds is 7. The van der Waals surface area contributed by atoms with E-state index >= 15 is 0 Å². The second-order valence-electron chi connectivity index (χ2n) is 7.93. The number of para-hydroxylation sites is 2. The fraction of sp³-hybridized carbons (Fsp3) is 0.591. The monoisotopic (exact) mass is 401 g/mol. The van der Waals surface area contributed by atoms with E-state index in [4.69, 9.17) is 4.74 Å². The molecule has 2 aliphatic heterocycles. The molecule has 1 aromatic carbocycles. The molecule has 3 amide bonds. The summed E-state index contributed by atoms with van der Waals surface area (Å²) in [6.07, 6.45) is 2.68. The largest absolute Gasteiger partial charge is 0.492 e. The lowest BCUT2D eigenvalue weighted by Gasteiger charge is -2.31. The van der Waals surface area contributed by atoms with E-state index in [1.807, 2.05) is 36.1 Å². The van der Waals surface area contributed by atoms with E-state index in [1.165, 1.54) is 6.42 Å². The lowest BCUT2D eigenvalue weighted by atomic mass is 10.00. The number of nitrogens with one attached hydrogen (secondary N) is 1. The lowest BCUT2D eigenvalue weighted by molar-refractivity contribution is -0.133. The molecule has 7 nitrogen and oxygen atoms in total. The van der Waals surface area contributed by atoms with Gasteiger partial charge in [0.1, 0.15) is 5.75 Å². The minimum absolute atomic E-state index is 0.0873. The molecule has 1 N–H and O–H groups in total. The molecule has 0 aliphatic carbocycles. The van der Waals surface area contributed by atoms with Crippen LogP contribution < -0.4 is 15.0 Å².